The highest BCUT2D eigenvalue weighted by molar-refractivity contribution is 8.01. The molecule has 4 rings (SSSR count). The Balaban J connectivity index is 1.38. The fraction of sp³-hybridized carbons (Fsp3) is 0.190. The summed E-state index contributed by atoms with van der Waals surface area (Å²) in [5.74, 6) is 0.679. The molecule has 2 aromatic carbocycles. The summed E-state index contributed by atoms with van der Waals surface area (Å²) >= 11 is 3.02. The van der Waals surface area contributed by atoms with Crippen molar-refractivity contribution < 1.29 is 4.79 Å². The summed E-state index contributed by atoms with van der Waals surface area (Å²) in [6.07, 6.45) is 0.962. The highest BCUT2D eigenvalue weighted by Gasteiger charge is 2.12. The highest BCUT2D eigenvalue weighted by atomic mass is 32.2. The van der Waals surface area contributed by atoms with Gasteiger partial charge in [0.15, 0.2) is 4.34 Å². The van der Waals surface area contributed by atoms with E-state index in [4.69, 9.17) is 0 Å². The van der Waals surface area contributed by atoms with Crippen LogP contribution in [0.15, 0.2) is 52.9 Å². The van der Waals surface area contributed by atoms with Crippen LogP contribution in [0.2, 0.25) is 0 Å². The lowest BCUT2D eigenvalue weighted by molar-refractivity contribution is 0.102. The molecule has 0 unspecified atom stereocenters. The number of nitrogens with zero attached hydrogens (tertiary/aromatic N) is 4. The Bertz CT molecular complexity index is 1160. The lowest BCUT2D eigenvalue weighted by Gasteiger charge is -2.05. The first-order valence-corrected chi connectivity index (χ1v) is 11.0. The van der Waals surface area contributed by atoms with E-state index < -0.39 is 0 Å². The average Bonchev–Trinajstić information content (AvgIpc) is 3.16. The molecular weight excluding hydrogens is 402 g/mol. The van der Waals surface area contributed by atoms with Crippen molar-refractivity contribution in [3.63, 3.8) is 0 Å². The zero-order chi connectivity index (χ0) is 20.2. The summed E-state index contributed by atoms with van der Waals surface area (Å²) in [7, 11) is 0. The van der Waals surface area contributed by atoms with Gasteiger partial charge in [-0.2, -0.15) is 0 Å². The van der Waals surface area contributed by atoms with Gasteiger partial charge in [-0.15, -0.1) is 10.2 Å². The number of benzene rings is 2. The number of rotatable bonds is 6. The second kappa shape index (κ2) is 8.67. The molecule has 0 spiro atoms. The molecule has 6 nitrogen and oxygen atoms in total. The normalized spacial score (nSPS) is 11.0. The van der Waals surface area contributed by atoms with Gasteiger partial charge >= 0.3 is 0 Å². The van der Waals surface area contributed by atoms with E-state index in [-0.39, 0.29) is 5.91 Å². The molecule has 0 aliphatic heterocycles. The molecule has 0 bridgehead atoms. The molecule has 0 saturated heterocycles. The van der Waals surface area contributed by atoms with Gasteiger partial charge in [0.1, 0.15) is 0 Å². The lowest BCUT2D eigenvalue weighted by atomic mass is 10.1. The van der Waals surface area contributed by atoms with E-state index in [1.807, 2.05) is 38.1 Å². The van der Waals surface area contributed by atoms with E-state index in [1.165, 1.54) is 16.9 Å². The molecule has 146 valence electrons. The van der Waals surface area contributed by atoms with E-state index in [0.717, 1.165) is 33.4 Å². The number of hydrogen-bond acceptors (Lipinski definition) is 7. The van der Waals surface area contributed by atoms with Crippen molar-refractivity contribution in [2.75, 3.05) is 11.1 Å². The van der Waals surface area contributed by atoms with Crippen LogP contribution in [-0.2, 0) is 6.42 Å². The Kier molecular flexibility index (Phi) is 5.82. The number of nitrogens with one attached hydrogen (secondary N) is 1. The third kappa shape index (κ3) is 4.78. The number of aryl methyl sites for hydroxylation is 3. The van der Waals surface area contributed by atoms with Crippen molar-refractivity contribution in [1.29, 1.82) is 0 Å². The van der Waals surface area contributed by atoms with Crippen molar-refractivity contribution in [1.82, 2.24) is 20.2 Å². The van der Waals surface area contributed by atoms with Gasteiger partial charge in [0.05, 0.1) is 22.4 Å². The number of amides is 1. The Hall–Kier alpha value is -2.84. The molecule has 0 radical (unpaired) electrons. The van der Waals surface area contributed by atoms with Crippen LogP contribution in [0.4, 0.5) is 5.13 Å². The molecule has 29 heavy (non-hydrogen) atoms. The monoisotopic (exact) mass is 421 g/mol. The molecule has 8 heteroatoms. The van der Waals surface area contributed by atoms with Gasteiger partial charge < -0.3 is 0 Å². The van der Waals surface area contributed by atoms with Gasteiger partial charge in [-0.05, 0) is 44.0 Å². The van der Waals surface area contributed by atoms with Crippen LogP contribution in [0.5, 0.6) is 0 Å². The first-order chi connectivity index (χ1) is 14.1. The molecule has 0 atom stereocenters. The first-order valence-electron chi connectivity index (χ1n) is 9.15. The molecule has 1 N–H and O–H groups in total. The second-order valence-electron chi connectivity index (χ2n) is 6.51. The second-order valence-corrected chi connectivity index (χ2v) is 8.83. The molecule has 0 saturated carbocycles. The molecule has 0 aliphatic rings. The predicted octanol–water partition coefficient (Wildman–Crippen LogP) is 4.69. The van der Waals surface area contributed by atoms with Gasteiger partial charge in [0.2, 0.25) is 5.13 Å². The summed E-state index contributed by atoms with van der Waals surface area (Å²) in [5, 5.41) is 11.6. The van der Waals surface area contributed by atoms with Crippen molar-refractivity contribution >= 4 is 45.2 Å². The molecule has 4 aromatic rings. The van der Waals surface area contributed by atoms with E-state index in [9.17, 15) is 4.79 Å². The zero-order valence-corrected chi connectivity index (χ0v) is 17.7. The standard InChI is InChI=1S/C21H19N5OS2/c1-13-14(2)23-18-12-16(8-9-17(18)22-13)19(27)24-20-25-26-21(29-20)28-11-10-15-6-4-3-5-7-15/h3-9,12H,10-11H2,1-2H3,(H,24,25,27). The van der Waals surface area contributed by atoms with Crippen LogP contribution in [0.1, 0.15) is 27.3 Å². The maximum absolute atomic E-state index is 12.6. The minimum atomic E-state index is -0.232. The number of carbonyl (C=O) groups is 1. The SMILES string of the molecule is Cc1nc2ccc(C(=O)Nc3nnc(SCCc4ccccc4)s3)cc2nc1C. The molecule has 0 aliphatic carbocycles. The minimum absolute atomic E-state index is 0.232. The molecule has 2 heterocycles. The van der Waals surface area contributed by atoms with E-state index in [1.54, 1.807) is 23.9 Å². The van der Waals surface area contributed by atoms with Crippen molar-refractivity contribution in [2.45, 2.75) is 24.6 Å². The van der Waals surface area contributed by atoms with Crippen LogP contribution in [0.3, 0.4) is 0 Å². The number of aromatic nitrogens is 4. The number of fused-ring (bicyclic) bond motifs is 1. The zero-order valence-electron chi connectivity index (χ0n) is 16.0. The first kappa shape index (κ1) is 19.5. The van der Waals surface area contributed by atoms with E-state index >= 15 is 0 Å². The quantitative estimate of drug-likeness (QED) is 0.359. The number of hydrogen-bond donors (Lipinski definition) is 1. The van der Waals surface area contributed by atoms with Crippen LogP contribution >= 0.6 is 23.1 Å². The highest BCUT2D eigenvalue weighted by Crippen LogP contribution is 2.26. The topological polar surface area (TPSA) is 80.7 Å². The Morgan fingerprint density at radius 3 is 2.55 bits per heavy atom. The Morgan fingerprint density at radius 1 is 1.00 bits per heavy atom. The van der Waals surface area contributed by atoms with Gasteiger partial charge in [-0.3, -0.25) is 10.1 Å². The number of carbonyl (C=O) groups excluding carboxylic acids is 1. The Morgan fingerprint density at radius 2 is 1.76 bits per heavy atom. The summed E-state index contributed by atoms with van der Waals surface area (Å²) < 4.78 is 0.840. The maximum Gasteiger partial charge on any atom is 0.257 e. The van der Waals surface area contributed by atoms with Gasteiger partial charge in [-0.25, -0.2) is 9.97 Å². The van der Waals surface area contributed by atoms with Crippen LogP contribution < -0.4 is 5.32 Å². The summed E-state index contributed by atoms with van der Waals surface area (Å²) in [6.45, 7) is 3.83. The van der Waals surface area contributed by atoms with Gasteiger partial charge in [-0.1, -0.05) is 53.4 Å². The summed E-state index contributed by atoms with van der Waals surface area (Å²) in [4.78, 5) is 21.6. The van der Waals surface area contributed by atoms with Crippen LogP contribution in [0.25, 0.3) is 11.0 Å². The maximum atomic E-state index is 12.6. The molecule has 2 aromatic heterocycles. The van der Waals surface area contributed by atoms with Crippen LogP contribution in [-0.4, -0.2) is 31.8 Å². The molecular formula is C21H19N5OS2. The van der Waals surface area contributed by atoms with E-state index in [0.29, 0.717) is 16.2 Å². The van der Waals surface area contributed by atoms with Crippen molar-refractivity contribution in [3.05, 3.63) is 71.0 Å². The van der Waals surface area contributed by atoms with Crippen LogP contribution in [0, 0.1) is 13.8 Å². The number of anilines is 1. The smallest absolute Gasteiger partial charge is 0.257 e. The summed E-state index contributed by atoms with van der Waals surface area (Å²) in [5.41, 5.74) is 5.04. The molecule has 0 fully saturated rings. The average molecular weight is 422 g/mol. The fourth-order valence-electron chi connectivity index (χ4n) is 2.76. The lowest BCUT2D eigenvalue weighted by Crippen LogP contribution is -2.11. The van der Waals surface area contributed by atoms with Gasteiger partial charge in [0, 0.05) is 11.3 Å². The fourth-order valence-corrected chi connectivity index (χ4v) is 4.57. The van der Waals surface area contributed by atoms with Crippen molar-refractivity contribution in [2.24, 2.45) is 0 Å². The summed E-state index contributed by atoms with van der Waals surface area (Å²) in [6, 6.07) is 15.6. The van der Waals surface area contributed by atoms with Crippen molar-refractivity contribution in [3.8, 4) is 0 Å². The number of thioether (sulfide) groups is 1. The predicted molar refractivity (Wildman–Crippen MR) is 118 cm³/mol. The Labute approximate surface area is 176 Å². The molecule has 1 amide bonds. The van der Waals surface area contributed by atoms with Gasteiger partial charge in [0.25, 0.3) is 5.91 Å². The third-order valence-corrected chi connectivity index (χ3v) is 6.40. The largest absolute Gasteiger partial charge is 0.296 e. The third-order valence-electron chi connectivity index (χ3n) is 4.42. The minimum Gasteiger partial charge on any atom is -0.296 e. The van der Waals surface area contributed by atoms with E-state index in [2.05, 4.69) is 37.6 Å².